The zero-order valence-electron chi connectivity index (χ0n) is 13.3. The highest BCUT2D eigenvalue weighted by Gasteiger charge is 2.38. The fourth-order valence-corrected chi connectivity index (χ4v) is 4.80. The zero-order chi connectivity index (χ0) is 17.4. The number of rotatable bonds is 3. The lowest BCUT2D eigenvalue weighted by atomic mass is 9.77. The maximum Gasteiger partial charge on any atom is 0.325 e. The molecule has 1 saturated heterocycles. The van der Waals surface area contributed by atoms with E-state index in [2.05, 4.69) is 4.98 Å². The first-order chi connectivity index (χ1) is 11.3. The van der Waals surface area contributed by atoms with Gasteiger partial charge in [0.15, 0.2) is 4.90 Å². The molecule has 0 bridgehead atoms. The first kappa shape index (κ1) is 16.7. The van der Waals surface area contributed by atoms with Gasteiger partial charge in [-0.1, -0.05) is 37.3 Å². The molecule has 2 aromatic rings. The van der Waals surface area contributed by atoms with Gasteiger partial charge in [0.25, 0.3) is 5.56 Å². The van der Waals surface area contributed by atoms with Crippen LogP contribution in [0.2, 0.25) is 0 Å². The van der Waals surface area contributed by atoms with Crippen molar-refractivity contribution in [1.29, 1.82) is 0 Å². The molecule has 0 spiro atoms. The molecule has 2 heterocycles. The van der Waals surface area contributed by atoms with Gasteiger partial charge < -0.3 is 4.98 Å². The SMILES string of the molecule is CC1(c2ccccc2)CCCN(S(=O)(=O)c2c[nH]c(=O)[nH]c2=O)C1. The second-order valence-corrected chi connectivity index (χ2v) is 8.21. The van der Waals surface area contributed by atoms with E-state index in [1.165, 1.54) is 4.31 Å². The van der Waals surface area contributed by atoms with Crippen LogP contribution in [0.3, 0.4) is 0 Å². The minimum Gasteiger partial charge on any atom is -0.313 e. The maximum atomic E-state index is 12.8. The summed E-state index contributed by atoms with van der Waals surface area (Å²) in [4.78, 5) is 26.7. The predicted octanol–water partition coefficient (Wildman–Crippen LogP) is 0.806. The van der Waals surface area contributed by atoms with Gasteiger partial charge in [-0.25, -0.2) is 13.2 Å². The van der Waals surface area contributed by atoms with E-state index in [9.17, 15) is 18.0 Å². The molecule has 1 unspecified atom stereocenters. The lowest BCUT2D eigenvalue weighted by molar-refractivity contribution is 0.240. The van der Waals surface area contributed by atoms with Gasteiger partial charge in [-0.05, 0) is 18.4 Å². The molecule has 0 aliphatic carbocycles. The Morgan fingerprint density at radius 2 is 1.88 bits per heavy atom. The standard InChI is InChI=1S/C16H19N3O4S/c1-16(12-6-3-2-4-7-12)8-5-9-19(11-16)24(22,23)13-10-17-15(21)18-14(13)20/h2-4,6-7,10H,5,8-9,11H2,1H3,(H2,17,18,20,21). The second-order valence-electron chi connectivity index (χ2n) is 6.31. The molecule has 1 aromatic heterocycles. The molecular formula is C16H19N3O4S. The molecule has 1 atom stereocenters. The van der Waals surface area contributed by atoms with Crippen LogP contribution >= 0.6 is 0 Å². The van der Waals surface area contributed by atoms with E-state index in [-0.39, 0.29) is 12.0 Å². The van der Waals surface area contributed by atoms with Crippen LogP contribution in [0.1, 0.15) is 25.3 Å². The van der Waals surface area contributed by atoms with E-state index in [0.29, 0.717) is 13.0 Å². The molecular weight excluding hydrogens is 330 g/mol. The molecule has 8 heteroatoms. The van der Waals surface area contributed by atoms with Crippen LogP contribution in [0.25, 0.3) is 0 Å². The topological polar surface area (TPSA) is 103 Å². The molecule has 1 aliphatic rings. The summed E-state index contributed by atoms with van der Waals surface area (Å²) in [6, 6.07) is 9.76. The minimum absolute atomic E-state index is 0.290. The highest BCUT2D eigenvalue weighted by molar-refractivity contribution is 7.89. The predicted molar refractivity (Wildman–Crippen MR) is 89.5 cm³/mol. The third kappa shape index (κ3) is 2.94. The molecule has 1 fully saturated rings. The van der Waals surface area contributed by atoms with Crippen molar-refractivity contribution in [2.75, 3.05) is 13.1 Å². The van der Waals surface area contributed by atoms with Crippen molar-refractivity contribution in [3.63, 3.8) is 0 Å². The Morgan fingerprint density at radius 3 is 2.54 bits per heavy atom. The Kier molecular flexibility index (Phi) is 4.18. The summed E-state index contributed by atoms with van der Waals surface area (Å²) >= 11 is 0. The Balaban J connectivity index is 1.97. The highest BCUT2D eigenvalue weighted by atomic mass is 32.2. The molecule has 24 heavy (non-hydrogen) atoms. The molecule has 3 rings (SSSR count). The smallest absolute Gasteiger partial charge is 0.313 e. The summed E-state index contributed by atoms with van der Waals surface area (Å²) in [5, 5.41) is 0. The van der Waals surface area contributed by atoms with Crippen LogP contribution in [0.4, 0.5) is 0 Å². The fraction of sp³-hybridized carbons (Fsp3) is 0.375. The van der Waals surface area contributed by atoms with Gasteiger partial charge in [-0.15, -0.1) is 0 Å². The quantitative estimate of drug-likeness (QED) is 0.855. The number of piperidine rings is 1. The van der Waals surface area contributed by atoms with E-state index in [1.807, 2.05) is 42.2 Å². The highest BCUT2D eigenvalue weighted by Crippen LogP contribution is 2.35. The van der Waals surface area contributed by atoms with Gasteiger partial charge in [-0.3, -0.25) is 9.78 Å². The van der Waals surface area contributed by atoms with Crippen molar-refractivity contribution >= 4 is 10.0 Å². The van der Waals surface area contributed by atoms with Crippen molar-refractivity contribution < 1.29 is 8.42 Å². The van der Waals surface area contributed by atoms with Crippen LogP contribution in [-0.2, 0) is 15.4 Å². The lowest BCUT2D eigenvalue weighted by Gasteiger charge is -2.40. The van der Waals surface area contributed by atoms with Crippen LogP contribution in [0.15, 0.2) is 51.0 Å². The van der Waals surface area contributed by atoms with Crippen LogP contribution in [-0.4, -0.2) is 35.8 Å². The summed E-state index contributed by atoms with van der Waals surface area (Å²) in [5.41, 5.74) is -0.876. The number of hydrogen-bond acceptors (Lipinski definition) is 4. The van der Waals surface area contributed by atoms with Gasteiger partial charge in [0.2, 0.25) is 10.0 Å². The summed E-state index contributed by atoms with van der Waals surface area (Å²) < 4.78 is 27.0. The monoisotopic (exact) mass is 349 g/mol. The molecule has 128 valence electrons. The van der Waals surface area contributed by atoms with Crippen LogP contribution in [0, 0.1) is 0 Å². The van der Waals surface area contributed by atoms with Gasteiger partial charge in [0.1, 0.15) is 0 Å². The number of H-pyrrole nitrogens is 2. The average molecular weight is 349 g/mol. The van der Waals surface area contributed by atoms with E-state index in [1.54, 1.807) is 0 Å². The van der Waals surface area contributed by atoms with Crippen molar-refractivity contribution in [2.24, 2.45) is 0 Å². The van der Waals surface area contributed by atoms with Gasteiger partial charge in [0, 0.05) is 24.7 Å². The Hall–Kier alpha value is -2.19. The molecule has 7 nitrogen and oxygen atoms in total. The van der Waals surface area contributed by atoms with E-state index in [4.69, 9.17) is 0 Å². The first-order valence-electron chi connectivity index (χ1n) is 7.71. The molecule has 1 aromatic carbocycles. The molecule has 0 saturated carbocycles. The molecule has 0 radical (unpaired) electrons. The third-order valence-corrected chi connectivity index (χ3v) is 6.39. The van der Waals surface area contributed by atoms with E-state index >= 15 is 0 Å². The van der Waals surface area contributed by atoms with Crippen molar-refractivity contribution in [1.82, 2.24) is 14.3 Å². The minimum atomic E-state index is -3.97. The fourth-order valence-electron chi connectivity index (χ4n) is 3.20. The Labute approximate surface area is 139 Å². The summed E-state index contributed by atoms with van der Waals surface area (Å²) in [7, 11) is -3.97. The molecule has 0 amide bonds. The van der Waals surface area contributed by atoms with Crippen LogP contribution in [0.5, 0.6) is 0 Å². The summed E-state index contributed by atoms with van der Waals surface area (Å²) in [5.74, 6) is 0. The number of benzene rings is 1. The first-order valence-corrected chi connectivity index (χ1v) is 9.15. The largest absolute Gasteiger partial charge is 0.325 e. The third-order valence-electron chi connectivity index (χ3n) is 4.54. The van der Waals surface area contributed by atoms with Crippen molar-refractivity contribution in [3.05, 3.63) is 62.9 Å². The van der Waals surface area contributed by atoms with Crippen LogP contribution < -0.4 is 11.2 Å². The number of hydrogen-bond donors (Lipinski definition) is 2. The number of aromatic nitrogens is 2. The average Bonchev–Trinajstić information content (AvgIpc) is 2.55. The van der Waals surface area contributed by atoms with E-state index < -0.39 is 26.2 Å². The van der Waals surface area contributed by atoms with Crippen molar-refractivity contribution in [3.8, 4) is 0 Å². The summed E-state index contributed by atoms with van der Waals surface area (Å²) in [6.07, 6.45) is 2.53. The normalized spacial score (nSPS) is 22.4. The number of sulfonamides is 1. The van der Waals surface area contributed by atoms with Gasteiger partial charge >= 0.3 is 5.69 Å². The van der Waals surface area contributed by atoms with Gasteiger partial charge in [0.05, 0.1) is 0 Å². The maximum absolute atomic E-state index is 12.8. The Bertz CT molecular complexity index is 949. The molecule has 1 aliphatic heterocycles. The van der Waals surface area contributed by atoms with Crippen molar-refractivity contribution in [2.45, 2.75) is 30.1 Å². The summed E-state index contributed by atoms with van der Waals surface area (Å²) in [6.45, 7) is 2.67. The van der Waals surface area contributed by atoms with E-state index in [0.717, 1.165) is 18.2 Å². The lowest BCUT2D eigenvalue weighted by Crippen LogP contribution is -2.48. The zero-order valence-corrected chi connectivity index (χ0v) is 14.1. The number of nitrogens with zero attached hydrogens (tertiary/aromatic N) is 1. The second kappa shape index (κ2) is 6.03. The molecule has 2 N–H and O–H groups in total. The number of aromatic amines is 2. The Morgan fingerprint density at radius 1 is 1.17 bits per heavy atom. The number of nitrogens with one attached hydrogen (secondary N) is 2. The van der Waals surface area contributed by atoms with Gasteiger partial charge in [-0.2, -0.15) is 4.31 Å².